The number of thiazole rings is 1. The largest absolute Gasteiger partial charge is 0.357 e. The summed E-state index contributed by atoms with van der Waals surface area (Å²) in [5.41, 5.74) is 4.53. The van der Waals surface area contributed by atoms with Crippen molar-refractivity contribution in [3.8, 4) is 5.69 Å². The van der Waals surface area contributed by atoms with Crippen molar-refractivity contribution >= 4 is 16.5 Å². The molecule has 0 saturated carbocycles. The van der Waals surface area contributed by atoms with E-state index >= 15 is 0 Å². The Balaban J connectivity index is 1.87. The summed E-state index contributed by atoms with van der Waals surface area (Å²) in [6, 6.07) is 10.2. The zero-order valence-corrected chi connectivity index (χ0v) is 12.3. The third-order valence-corrected chi connectivity index (χ3v) is 4.02. The molecule has 4 nitrogen and oxygen atoms in total. The lowest BCUT2D eigenvalue weighted by atomic mass is 10.2. The lowest BCUT2D eigenvalue weighted by Crippen LogP contribution is -2.02. The topological polar surface area (TPSA) is 42.7 Å². The van der Waals surface area contributed by atoms with Gasteiger partial charge in [-0.05, 0) is 26.0 Å². The molecule has 0 fully saturated rings. The summed E-state index contributed by atoms with van der Waals surface area (Å²) in [6.45, 7) is 4.90. The highest BCUT2D eigenvalue weighted by Crippen LogP contribution is 2.19. The van der Waals surface area contributed by atoms with Gasteiger partial charge in [-0.15, -0.1) is 11.3 Å². The summed E-state index contributed by atoms with van der Waals surface area (Å²) in [6.07, 6.45) is 1.81. The summed E-state index contributed by atoms with van der Waals surface area (Å²) in [7, 11) is 0. The molecule has 0 aliphatic heterocycles. The lowest BCUT2D eigenvalue weighted by Gasteiger charge is -2.06. The van der Waals surface area contributed by atoms with Gasteiger partial charge in [0.1, 0.15) is 0 Å². The van der Waals surface area contributed by atoms with E-state index in [1.807, 2.05) is 35.2 Å². The molecular formula is C15H16N4S. The van der Waals surface area contributed by atoms with Crippen LogP contribution < -0.4 is 5.32 Å². The Morgan fingerprint density at radius 3 is 2.70 bits per heavy atom. The Hall–Kier alpha value is -2.14. The number of nitrogens with one attached hydrogen (secondary N) is 1. The van der Waals surface area contributed by atoms with Crippen LogP contribution in [-0.4, -0.2) is 14.8 Å². The van der Waals surface area contributed by atoms with Crippen molar-refractivity contribution in [3.63, 3.8) is 0 Å². The highest BCUT2D eigenvalue weighted by molar-refractivity contribution is 7.13. The van der Waals surface area contributed by atoms with Crippen molar-refractivity contribution in [2.24, 2.45) is 0 Å². The number of rotatable bonds is 4. The average Bonchev–Trinajstić information content (AvgIpc) is 3.07. The smallest absolute Gasteiger partial charge is 0.182 e. The molecule has 0 amide bonds. The predicted molar refractivity (Wildman–Crippen MR) is 82.5 cm³/mol. The molecule has 20 heavy (non-hydrogen) atoms. The van der Waals surface area contributed by atoms with Crippen molar-refractivity contribution in [2.75, 3.05) is 5.32 Å². The van der Waals surface area contributed by atoms with Crippen molar-refractivity contribution in [1.29, 1.82) is 0 Å². The normalized spacial score (nSPS) is 10.7. The molecule has 0 aliphatic rings. The molecular weight excluding hydrogens is 268 g/mol. The Labute approximate surface area is 122 Å². The van der Waals surface area contributed by atoms with Gasteiger partial charge >= 0.3 is 0 Å². The van der Waals surface area contributed by atoms with Crippen molar-refractivity contribution < 1.29 is 0 Å². The molecule has 0 unspecified atom stereocenters. The van der Waals surface area contributed by atoms with E-state index in [0.29, 0.717) is 0 Å². The van der Waals surface area contributed by atoms with Crippen LogP contribution in [0.25, 0.3) is 5.69 Å². The second kappa shape index (κ2) is 5.46. The first-order valence-corrected chi connectivity index (χ1v) is 7.37. The fourth-order valence-corrected chi connectivity index (χ4v) is 2.75. The number of aryl methyl sites for hydroxylation is 1. The molecule has 2 heterocycles. The van der Waals surface area contributed by atoms with Crippen LogP contribution in [0.1, 0.15) is 17.0 Å². The number of benzene rings is 1. The third kappa shape index (κ3) is 2.44. The monoisotopic (exact) mass is 284 g/mol. The SMILES string of the molecule is Cc1nn(-c2ccccc2)c(C)c1CNc1nccs1. The molecule has 102 valence electrons. The zero-order chi connectivity index (χ0) is 13.9. The number of para-hydroxylation sites is 1. The Bertz CT molecular complexity index is 686. The van der Waals surface area contributed by atoms with E-state index in [9.17, 15) is 0 Å². The first kappa shape index (κ1) is 12.9. The van der Waals surface area contributed by atoms with Gasteiger partial charge in [0.05, 0.1) is 11.4 Å². The van der Waals surface area contributed by atoms with Crippen LogP contribution in [0.15, 0.2) is 41.9 Å². The minimum atomic E-state index is 0.748. The van der Waals surface area contributed by atoms with Gasteiger partial charge in [-0.1, -0.05) is 18.2 Å². The summed E-state index contributed by atoms with van der Waals surface area (Å²) in [5.74, 6) is 0. The quantitative estimate of drug-likeness (QED) is 0.796. The molecule has 2 aromatic heterocycles. The van der Waals surface area contributed by atoms with Crippen LogP contribution in [0.3, 0.4) is 0 Å². The second-order valence-electron chi connectivity index (χ2n) is 4.59. The molecule has 0 spiro atoms. The van der Waals surface area contributed by atoms with Gasteiger partial charge in [-0.2, -0.15) is 5.10 Å². The number of hydrogen-bond donors (Lipinski definition) is 1. The Kier molecular flexibility index (Phi) is 3.52. The number of nitrogens with zero attached hydrogens (tertiary/aromatic N) is 3. The molecule has 0 saturated heterocycles. The van der Waals surface area contributed by atoms with Crippen molar-refractivity contribution in [1.82, 2.24) is 14.8 Å². The fraction of sp³-hybridized carbons (Fsp3) is 0.200. The molecule has 5 heteroatoms. The van der Waals surface area contributed by atoms with Gasteiger partial charge in [-0.25, -0.2) is 9.67 Å². The Morgan fingerprint density at radius 2 is 2.00 bits per heavy atom. The van der Waals surface area contributed by atoms with E-state index in [1.165, 1.54) is 5.56 Å². The van der Waals surface area contributed by atoms with Gasteiger partial charge in [-0.3, -0.25) is 0 Å². The summed E-state index contributed by atoms with van der Waals surface area (Å²) in [4.78, 5) is 4.24. The number of aromatic nitrogens is 3. The zero-order valence-electron chi connectivity index (χ0n) is 11.5. The maximum absolute atomic E-state index is 4.64. The van der Waals surface area contributed by atoms with E-state index in [0.717, 1.165) is 28.8 Å². The minimum absolute atomic E-state index is 0.748. The van der Waals surface area contributed by atoms with E-state index in [-0.39, 0.29) is 0 Å². The molecule has 1 N–H and O–H groups in total. The molecule has 3 aromatic rings. The summed E-state index contributed by atoms with van der Waals surface area (Å²) >= 11 is 1.61. The highest BCUT2D eigenvalue weighted by atomic mass is 32.1. The second-order valence-corrected chi connectivity index (χ2v) is 5.48. The van der Waals surface area contributed by atoms with Crippen LogP contribution in [0.5, 0.6) is 0 Å². The molecule has 3 rings (SSSR count). The lowest BCUT2D eigenvalue weighted by molar-refractivity contribution is 0.833. The maximum atomic E-state index is 4.64. The van der Waals surface area contributed by atoms with Crippen LogP contribution in [0, 0.1) is 13.8 Å². The van der Waals surface area contributed by atoms with Crippen molar-refractivity contribution in [2.45, 2.75) is 20.4 Å². The molecule has 0 bridgehead atoms. The minimum Gasteiger partial charge on any atom is -0.357 e. The van der Waals surface area contributed by atoms with Crippen molar-refractivity contribution in [3.05, 3.63) is 58.9 Å². The van der Waals surface area contributed by atoms with Crippen LogP contribution in [-0.2, 0) is 6.54 Å². The predicted octanol–water partition coefficient (Wildman–Crippen LogP) is 3.56. The van der Waals surface area contributed by atoms with E-state index < -0.39 is 0 Å². The van der Waals surface area contributed by atoms with Crippen LogP contribution >= 0.6 is 11.3 Å². The summed E-state index contributed by atoms with van der Waals surface area (Å²) < 4.78 is 1.99. The Morgan fingerprint density at radius 1 is 1.20 bits per heavy atom. The van der Waals surface area contributed by atoms with Gasteiger partial charge < -0.3 is 5.32 Å². The standard InChI is InChI=1S/C15H16N4S/c1-11-14(10-17-15-16-8-9-20-15)12(2)19(18-11)13-6-4-3-5-7-13/h3-9H,10H2,1-2H3,(H,16,17). The van der Waals surface area contributed by atoms with Gasteiger partial charge in [0.15, 0.2) is 5.13 Å². The van der Waals surface area contributed by atoms with Crippen LogP contribution in [0.2, 0.25) is 0 Å². The first-order chi connectivity index (χ1) is 9.75. The molecule has 0 atom stereocenters. The summed E-state index contributed by atoms with van der Waals surface area (Å²) in [5, 5.41) is 10.9. The fourth-order valence-electron chi connectivity index (χ4n) is 2.23. The average molecular weight is 284 g/mol. The maximum Gasteiger partial charge on any atom is 0.182 e. The first-order valence-electron chi connectivity index (χ1n) is 6.49. The van der Waals surface area contributed by atoms with E-state index in [1.54, 1.807) is 17.5 Å². The molecule has 0 aliphatic carbocycles. The molecule has 0 radical (unpaired) electrons. The molecule has 1 aromatic carbocycles. The van der Waals surface area contributed by atoms with E-state index in [2.05, 4.69) is 34.5 Å². The number of hydrogen-bond acceptors (Lipinski definition) is 4. The van der Waals surface area contributed by atoms with Gasteiger partial charge in [0, 0.05) is 29.4 Å². The number of anilines is 1. The van der Waals surface area contributed by atoms with E-state index in [4.69, 9.17) is 0 Å². The van der Waals surface area contributed by atoms with Crippen LogP contribution in [0.4, 0.5) is 5.13 Å². The third-order valence-electron chi connectivity index (χ3n) is 3.29. The van der Waals surface area contributed by atoms with Gasteiger partial charge in [0.25, 0.3) is 0 Å². The van der Waals surface area contributed by atoms with Gasteiger partial charge in [0.2, 0.25) is 0 Å². The highest BCUT2D eigenvalue weighted by Gasteiger charge is 2.12.